The monoisotopic (exact) mass is 259 g/mol. The van der Waals surface area contributed by atoms with Gasteiger partial charge in [-0.25, -0.2) is 0 Å². The Morgan fingerprint density at radius 2 is 2.16 bits per heavy atom. The Morgan fingerprint density at radius 3 is 2.79 bits per heavy atom. The predicted octanol–water partition coefficient (Wildman–Crippen LogP) is 1.56. The highest BCUT2D eigenvalue weighted by atomic mass is 16.1. The number of pyridine rings is 1. The molecule has 0 aliphatic heterocycles. The van der Waals surface area contributed by atoms with Crippen LogP contribution >= 0.6 is 0 Å². The minimum atomic E-state index is -0.114. The molecule has 0 aliphatic carbocycles. The van der Waals surface area contributed by atoms with Crippen molar-refractivity contribution < 1.29 is 4.79 Å². The highest BCUT2D eigenvalue weighted by molar-refractivity contribution is 5.94. The fourth-order valence-corrected chi connectivity index (χ4v) is 1.86. The van der Waals surface area contributed by atoms with Crippen molar-refractivity contribution in [1.82, 2.24) is 10.3 Å². The molecule has 19 heavy (non-hydrogen) atoms. The standard InChI is InChI=1S/C15H21N3O/c1-11(2)7-12(3)18-15(19)14-8-13(5-4-6-16)9-17-10-14/h8-12H,6-7,16H2,1-3H3,(H,18,19). The van der Waals surface area contributed by atoms with Gasteiger partial charge in [-0.2, -0.15) is 0 Å². The van der Waals surface area contributed by atoms with Crippen molar-refractivity contribution in [3.8, 4) is 11.8 Å². The van der Waals surface area contributed by atoms with Gasteiger partial charge in [0.15, 0.2) is 0 Å². The van der Waals surface area contributed by atoms with E-state index in [0.29, 0.717) is 23.6 Å². The molecule has 1 amide bonds. The molecule has 1 atom stereocenters. The van der Waals surface area contributed by atoms with Gasteiger partial charge in [0, 0.05) is 24.0 Å². The zero-order chi connectivity index (χ0) is 14.3. The molecular formula is C15H21N3O. The van der Waals surface area contributed by atoms with Gasteiger partial charge in [0.25, 0.3) is 5.91 Å². The summed E-state index contributed by atoms with van der Waals surface area (Å²) in [6, 6.07) is 1.87. The van der Waals surface area contributed by atoms with Gasteiger partial charge < -0.3 is 11.1 Å². The highest BCUT2D eigenvalue weighted by Gasteiger charge is 2.11. The van der Waals surface area contributed by atoms with Gasteiger partial charge in [-0.3, -0.25) is 9.78 Å². The van der Waals surface area contributed by atoms with Crippen LogP contribution < -0.4 is 11.1 Å². The van der Waals surface area contributed by atoms with Gasteiger partial charge in [0.05, 0.1) is 12.1 Å². The minimum absolute atomic E-state index is 0.114. The largest absolute Gasteiger partial charge is 0.350 e. The fraction of sp³-hybridized carbons (Fsp3) is 0.467. The van der Waals surface area contributed by atoms with E-state index in [2.05, 4.69) is 36.0 Å². The average Bonchev–Trinajstić information content (AvgIpc) is 2.35. The van der Waals surface area contributed by atoms with Crippen molar-refractivity contribution in [3.63, 3.8) is 0 Å². The van der Waals surface area contributed by atoms with Crippen LogP contribution in [0.3, 0.4) is 0 Å². The fourth-order valence-electron chi connectivity index (χ4n) is 1.86. The van der Waals surface area contributed by atoms with Crippen molar-refractivity contribution in [2.24, 2.45) is 11.7 Å². The first kappa shape index (κ1) is 15.2. The lowest BCUT2D eigenvalue weighted by Crippen LogP contribution is -2.33. The summed E-state index contributed by atoms with van der Waals surface area (Å²) in [5.41, 5.74) is 6.54. The normalized spacial score (nSPS) is 11.6. The van der Waals surface area contributed by atoms with Crippen LogP contribution in [0.1, 0.15) is 43.1 Å². The van der Waals surface area contributed by atoms with Gasteiger partial charge in [-0.1, -0.05) is 25.7 Å². The quantitative estimate of drug-likeness (QED) is 0.806. The maximum Gasteiger partial charge on any atom is 0.253 e. The van der Waals surface area contributed by atoms with E-state index in [1.165, 1.54) is 0 Å². The molecule has 1 rings (SSSR count). The van der Waals surface area contributed by atoms with E-state index in [9.17, 15) is 4.79 Å². The van der Waals surface area contributed by atoms with Crippen LogP contribution in [0, 0.1) is 17.8 Å². The second-order valence-electron chi connectivity index (χ2n) is 4.97. The van der Waals surface area contributed by atoms with E-state index in [1.54, 1.807) is 18.5 Å². The summed E-state index contributed by atoms with van der Waals surface area (Å²) in [5, 5.41) is 2.96. The van der Waals surface area contributed by atoms with Crippen LogP contribution in [0.2, 0.25) is 0 Å². The molecule has 0 bridgehead atoms. The number of carbonyl (C=O) groups excluding carboxylic acids is 1. The number of hydrogen-bond acceptors (Lipinski definition) is 3. The summed E-state index contributed by atoms with van der Waals surface area (Å²) in [5.74, 6) is 6.05. The summed E-state index contributed by atoms with van der Waals surface area (Å²) in [7, 11) is 0. The molecule has 0 aromatic carbocycles. The molecule has 0 fully saturated rings. The molecule has 1 unspecified atom stereocenters. The van der Waals surface area contributed by atoms with Crippen LogP contribution in [0.5, 0.6) is 0 Å². The molecule has 0 saturated heterocycles. The molecule has 1 aromatic heterocycles. The van der Waals surface area contributed by atoms with Crippen molar-refractivity contribution in [2.45, 2.75) is 33.2 Å². The van der Waals surface area contributed by atoms with Crippen molar-refractivity contribution in [2.75, 3.05) is 6.54 Å². The van der Waals surface area contributed by atoms with Gasteiger partial charge >= 0.3 is 0 Å². The van der Waals surface area contributed by atoms with Gasteiger partial charge in [0.2, 0.25) is 0 Å². The third-order valence-corrected chi connectivity index (χ3v) is 2.54. The smallest absolute Gasteiger partial charge is 0.253 e. The Hall–Kier alpha value is -1.86. The molecule has 0 radical (unpaired) electrons. The van der Waals surface area contributed by atoms with Crippen LogP contribution in [-0.4, -0.2) is 23.5 Å². The molecule has 0 spiro atoms. The van der Waals surface area contributed by atoms with Gasteiger partial charge in [0.1, 0.15) is 0 Å². The van der Waals surface area contributed by atoms with Crippen molar-refractivity contribution in [3.05, 3.63) is 29.6 Å². The van der Waals surface area contributed by atoms with E-state index < -0.39 is 0 Å². The van der Waals surface area contributed by atoms with Gasteiger partial charge in [-0.15, -0.1) is 0 Å². The minimum Gasteiger partial charge on any atom is -0.350 e. The van der Waals surface area contributed by atoms with Crippen molar-refractivity contribution >= 4 is 5.91 Å². The van der Waals surface area contributed by atoms with Crippen molar-refractivity contribution in [1.29, 1.82) is 0 Å². The third-order valence-electron chi connectivity index (χ3n) is 2.54. The summed E-state index contributed by atoms with van der Waals surface area (Å²) in [4.78, 5) is 16.1. The lowest BCUT2D eigenvalue weighted by atomic mass is 10.0. The summed E-state index contributed by atoms with van der Waals surface area (Å²) in [6.07, 6.45) is 4.12. The Labute approximate surface area is 114 Å². The summed E-state index contributed by atoms with van der Waals surface area (Å²) in [6.45, 7) is 6.56. The number of nitrogens with zero attached hydrogens (tertiary/aromatic N) is 1. The first-order valence-corrected chi connectivity index (χ1v) is 6.47. The number of nitrogens with one attached hydrogen (secondary N) is 1. The van der Waals surface area contributed by atoms with E-state index in [-0.39, 0.29) is 11.9 Å². The average molecular weight is 259 g/mol. The number of rotatable bonds is 4. The SMILES string of the molecule is CC(C)CC(C)NC(=O)c1cncc(C#CCN)c1. The van der Waals surface area contributed by atoms with E-state index in [4.69, 9.17) is 5.73 Å². The maximum atomic E-state index is 12.0. The second-order valence-corrected chi connectivity index (χ2v) is 4.97. The number of hydrogen-bond donors (Lipinski definition) is 2. The zero-order valence-electron chi connectivity index (χ0n) is 11.7. The van der Waals surface area contributed by atoms with E-state index in [1.807, 2.05) is 6.92 Å². The Bertz CT molecular complexity index is 486. The Balaban J connectivity index is 2.71. The summed E-state index contributed by atoms with van der Waals surface area (Å²) < 4.78 is 0. The molecule has 0 aliphatic rings. The Morgan fingerprint density at radius 1 is 1.42 bits per heavy atom. The molecule has 0 saturated carbocycles. The van der Waals surface area contributed by atoms with E-state index in [0.717, 1.165) is 6.42 Å². The summed E-state index contributed by atoms with van der Waals surface area (Å²) >= 11 is 0. The lowest BCUT2D eigenvalue weighted by molar-refractivity contribution is 0.0935. The number of amides is 1. The Kier molecular flexibility index (Phi) is 6.04. The zero-order valence-corrected chi connectivity index (χ0v) is 11.7. The topological polar surface area (TPSA) is 68.0 Å². The maximum absolute atomic E-state index is 12.0. The molecule has 1 heterocycles. The number of aromatic nitrogens is 1. The third kappa shape index (κ3) is 5.54. The first-order chi connectivity index (χ1) is 9.02. The highest BCUT2D eigenvalue weighted by Crippen LogP contribution is 2.06. The molecule has 102 valence electrons. The second kappa shape index (κ2) is 7.55. The molecule has 3 N–H and O–H groups in total. The van der Waals surface area contributed by atoms with Crippen LogP contribution in [-0.2, 0) is 0 Å². The van der Waals surface area contributed by atoms with Gasteiger partial charge in [-0.05, 0) is 25.3 Å². The number of carbonyl (C=O) groups is 1. The van der Waals surface area contributed by atoms with Crippen LogP contribution in [0.25, 0.3) is 0 Å². The first-order valence-electron chi connectivity index (χ1n) is 6.47. The molecule has 4 nitrogen and oxygen atoms in total. The van der Waals surface area contributed by atoms with E-state index >= 15 is 0 Å². The lowest BCUT2D eigenvalue weighted by Gasteiger charge is -2.15. The number of nitrogens with two attached hydrogens (primary N) is 1. The predicted molar refractivity (Wildman–Crippen MR) is 76.6 cm³/mol. The molecular weight excluding hydrogens is 238 g/mol. The molecule has 1 aromatic rings. The van der Waals surface area contributed by atoms with Crippen LogP contribution in [0.4, 0.5) is 0 Å². The molecule has 4 heteroatoms. The van der Waals surface area contributed by atoms with Crippen LogP contribution in [0.15, 0.2) is 18.5 Å².